The van der Waals surface area contributed by atoms with Crippen molar-refractivity contribution in [3.63, 3.8) is 0 Å². The highest BCUT2D eigenvalue weighted by Crippen LogP contribution is 2.29. The summed E-state index contributed by atoms with van der Waals surface area (Å²) in [5, 5.41) is 17.1. The third-order valence-electron chi connectivity index (χ3n) is 8.27. The summed E-state index contributed by atoms with van der Waals surface area (Å²) in [5.41, 5.74) is 29.3. The molecule has 0 aliphatic carbocycles. The summed E-state index contributed by atoms with van der Waals surface area (Å²) in [4.78, 5) is 9.91. The average molecular weight is 766 g/mol. The van der Waals surface area contributed by atoms with E-state index in [0.29, 0.717) is 22.8 Å². The minimum atomic E-state index is 0.396. The predicted octanol–water partition coefficient (Wildman–Crippen LogP) is 10.5. The SMILES string of the molecule is C/C(N)=C(/C(=N)c1ccncc1)c1ccc(-c2ccc(S)cc2C)cc1.C/C(N)=C(/C(=N)c1ccncc1)c1ccc(-c2cccc(S)c2)cc1.CC.CN. The molecule has 0 atom stereocenters. The van der Waals surface area contributed by atoms with Gasteiger partial charge in [-0.3, -0.25) is 20.8 Å². The second-order valence-electron chi connectivity index (χ2n) is 12.0. The number of benzene rings is 4. The third kappa shape index (κ3) is 11.9. The summed E-state index contributed by atoms with van der Waals surface area (Å²) >= 11 is 8.78. The van der Waals surface area contributed by atoms with Crippen molar-refractivity contribution in [1.82, 2.24) is 9.97 Å². The lowest BCUT2D eigenvalue weighted by atomic mass is 9.92. The van der Waals surface area contributed by atoms with Gasteiger partial charge >= 0.3 is 0 Å². The number of aromatic nitrogens is 2. The van der Waals surface area contributed by atoms with E-state index in [4.69, 9.17) is 22.3 Å². The summed E-state index contributed by atoms with van der Waals surface area (Å²) in [6, 6.07) is 37.7. The fraction of sp³-hybridized carbons (Fsp3) is 0.130. The number of hydrogen-bond donors (Lipinski definition) is 7. The lowest BCUT2D eigenvalue weighted by Crippen LogP contribution is -2.09. The zero-order valence-electron chi connectivity index (χ0n) is 32.3. The predicted molar refractivity (Wildman–Crippen MR) is 240 cm³/mol. The van der Waals surface area contributed by atoms with Gasteiger partial charge < -0.3 is 17.2 Å². The Labute approximate surface area is 337 Å². The lowest BCUT2D eigenvalue weighted by Gasteiger charge is -2.13. The van der Waals surface area contributed by atoms with Crippen LogP contribution >= 0.6 is 25.3 Å². The van der Waals surface area contributed by atoms with E-state index in [0.717, 1.165) is 59.9 Å². The molecule has 0 spiro atoms. The number of aryl methyl sites for hydroxylation is 1. The largest absolute Gasteiger partial charge is 0.402 e. The zero-order chi connectivity index (χ0) is 40.5. The van der Waals surface area contributed by atoms with Gasteiger partial charge in [-0.1, -0.05) is 80.6 Å². The Balaban J connectivity index is 0.000000271. The number of hydrogen-bond acceptors (Lipinski definition) is 9. The van der Waals surface area contributed by atoms with Crippen LogP contribution in [0.25, 0.3) is 33.4 Å². The molecule has 8 N–H and O–H groups in total. The molecule has 0 aliphatic rings. The maximum absolute atomic E-state index is 8.56. The van der Waals surface area contributed by atoms with E-state index >= 15 is 0 Å². The van der Waals surface area contributed by atoms with Gasteiger partial charge in [0.2, 0.25) is 0 Å². The maximum atomic E-state index is 8.56. The van der Waals surface area contributed by atoms with E-state index in [9.17, 15) is 0 Å². The Kier molecular flexibility index (Phi) is 17.3. The second kappa shape index (κ2) is 21.8. The van der Waals surface area contributed by atoms with Crippen LogP contribution in [0.1, 0.15) is 55.5 Å². The molecule has 2 heterocycles. The van der Waals surface area contributed by atoms with Gasteiger partial charge in [-0.15, -0.1) is 25.3 Å². The summed E-state index contributed by atoms with van der Waals surface area (Å²) in [5.74, 6) is 0. The first-order chi connectivity index (χ1) is 26.5. The van der Waals surface area contributed by atoms with Crippen LogP contribution < -0.4 is 17.2 Å². The molecule has 0 unspecified atom stereocenters. The van der Waals surface area contributed by atoms with Gasteiger partial charge in [0.25, 0.3) is 0 Å². The molecule has 0 saturated heterocycles. The van der Waals surface area contributed by atoms with Gasteiger partial charge in [-0.05, 0) is 115 Å². The molecular formula is C46H51N7S2. The Bertz CT molecular complexity index is 2220. The fourth-order valence-electron chi connectivity index (χ4n) is 5.77. The van der Waals surface area contributed by atoms with Crippen LogP contribution in [-0.4, -0.2) is 28.4 Å². The summed E-state index contributed by atoms with van der Waals surface area (Å²) < 4.78 is 0. The van der Waals surface area contributed by atoms with E-state index < -0.39 is 0 Å². The van der Waals surface area contributed by atoms with Crippen LogP contribution in [0.5, 0.6) is 0 Å². The molecule has 9 heteroatoms. The highest BCUT2D eigenvalue weighted by molar-refractivity contribution is 7.80. The Morgan fingerprint density at radius 2 is 0.927 bits per heavy atom. The minimum Gasteiger partial charge on any atom is -0.402 e. The standard InChI is InChI=1S/C22H21N3S.C21H19N3S.C2H6.CH5N/c1-14-13-19(26)7-8-20(14)16-3-5-17(6-4-16)21(15(2)23)22(24)18-9-11-25-12-10-18;1-14(22)20(21(23)17-9-11-24-12-10-17)16-7-5-15(6-8-16)18-3-2-4-19(25)13-18;2*1-2/h3-13,24,26H,23H2,1-2H3;2-13,23,25H,22H2,1H3;1-2H3;2H2,1H3/b21-15-,24-22?;20-14-,23-21?;;. The fourth-order valence-corrected chi connectivity index (χ4v) is 6.26. The van der Waals surface area contributed by atoms with Crippen LogP contribution in [-0.2, 0) is 0 Å². The first kappa shape index (κ1) is 43.7. The Morgan fingerprint density at radius 1 is 0.509 bits per heavy atom. The molecule has 282 valence electrons. The molecule has 0 aliphatic heterocycles. The molecule has 0 radical (unpaired) electrons. The highest BCUT2D eigenvalue weighted by atomic mass is 32.1. The minimum absolute atomic E-state index is 0.396. The van der Waals surface area contributed by atoms with E-state index in [1.807, 2.05) is 113 Å². The number of allylic oxidation sites excluding steroid dienone is 4. The third-order valence-corrected chi connectivity index (χ3v) is 8.83. The van der Waals surface area contributed by atoms with Gasteiger partial charge in [0.05, 0.1) is 11.4 Å². The number of pyridine rings is 2. The van der Waals surface area contributed by atoms with E-state index in [2.05, 4.69) is 78.2 Å². The number of nitrogens with zero attached hydrogens (tertiary/aromatic N) is 2. The van der Waals surface area contributed by atoms with Crippen LogP contribution in [0, 0.1) is 17.7 Å². The van der Waals surface area contributed by atoms with Crippen LogP contribution in [0.4, 0.5) is 0 Å². The molecule has 0 fully saturated rings. The van der Waals surface area contributed by atoms with E-state index in [1.54, 1.807) is 24.8 Å². The maximum Gasteiger partial charge on any atom is 0.0708 e. The molecule has 2 aromatic heterocycles. The van der Waals surface area contributed by atoms with Crippen molar-refractivity contribution in [3.05, 3.63) is 179 Å². The first-order valence-electron chi connectivity index (χ1n) is 17.8. The highest BCUT2D eigenvalue weighted by Gasteiger charge is 2.15. The van der Waals surface area contributed by atoms with E-state index in [-0.39, 0.29) is 0 Å². The van der Waals surface area contributed by atoms with Crippen molar-refractivity contribution < 1.29 is 0 Å². The summed E-state index contributed by atoms with van der Waals surface area (Å²) in [6.07, 6.45) is 6.73. The Hall–Kier alpha value is -5.74. The number of rotatable bonds is 8. The van der Waals surface area contributed by atoms with Crippen molar-refractivity contribution in [3.8, 4) is 22.3 Å². The lowest BCUT2D eigenvalue weighted by molar-refractivity contribution is 1.30. The van der Waals surface area contributed by atoms with Gasteiger partial charge in [-0.25, -0.2) is 0 Å². The van der Waals surface area contributed by atoms with Crippen LogP contribution in [0.15, 0.2) is 161 Å². The zero-order valence-corrected chi connectivity index (χ0v) is 34.1. The summed E-state index contributed by atoms with van der Waals surface area (Å²) in [6.45, 7) is 9.73. The molecule has 4 aromatic carbocycles. The van der Waals surface area contributed by atoms with Crippen molar-refractivity contribution in [2.75, 3.05) is 7.05 Å². The molecule has 55 heavy (non-hydrogen) atoms. The van der Waals surface area contributed by atoms with Crippen LogP contribution in [0.3, 0.4) is 0 Å². The normalized spacial score (nSPS) is 11.1. The van der Waals surface area contributed by atoms with Gasteiger partial charge in [-0.2, -0.15) is 0 Å². The van der Waals surface area contributed by atoms with Crippen molar-refractivity contribution in [2.24, 2.45) is 17.2 Å². The monoisotopic (exact) mass is 765 g/mol. The topological polar surface area (TPSA) is 152 Å². The number of thiol groups is 2. The average Bonchev–Trinajstić information content (AvgIpc) is 3.21. The van der Waals surface area contributed by atoms with Crippen LogP contribution in [0.2, 0.25) is 0 Å². The molecule has 6 aromatic rings. The van der Waals surface area contributed by atoms with Crippen molar-refractivity contribution in [1.29, 1.82) is 10.8 Å². The van der Waals surface area contributed by atoms with Gasteiger partial charge in [0, 0.05) is 68.2 Å². The van der Waals surface area contributed by atoms with Gasteiger partial charge in [0.1, 0.15) is 0 Å². The number of nitrogens with two attached hydrogens (primary N) is 3. The molecule has 7 nitrogen and oxygen atoms in total. The molecular weight excluding hydrogens is 715 g/mol. The second-order valence-corrected chi connectivity index (χ2v) is 13.1. The summed E-state index contributed by atoms with van der Waals surface area (Å²) in [7, 11) is 1.50. The quantitative estimate of drug-likeness (QED) is 0.0608. The first-order valence-corrected chi connectivity index (χ1v) is 18.7. The number of nitrogens with one attached hydrogen (secondary N) is 2. The smallest absolute Gasteiger partial charge is 0.0708 e. The Morgan fingerprint density at radius 3 is 1.33 bits per heavy atom. The van der Waals surface area contributed by atoms with E-state index in [1.165, 1.54) is 18.2 Å². The molecule has 0 saturated carbocycles. The molecule has 0 amide bonds. The van der Waals surface area contributed by atoms with Crippen molar-refractivity contribution >= 4 is 47.8 Å². The molecule has 0 bridgehead atoms. The van der Waals surface area contributed by atoms with Gasteiger partial charge in [0.15, 0.2) is 0 Å². The molecule has 6 rings (SSSR count). The van der Waals surface area contributed by atoms with Crippen molar-refractivity contribution in [2.45, 2.75) is 44.4 Å².